The van der Waals surface area contributed by atoms with Gasteiger partial charge in [0.25, 0.3) is 5.56 Å². The number of Topliss-reactive ketones (excluding diaryl/α,β-unsaturated/α-hetero) is 1. The maximum absolute atomic E-state index is 12.1. The van der Waals surface area contributed by atoms with Crippen molar-refractivity contribution in [2.24, 2.45) is 7.05 Å². The molecular formula is C15H17N3O2. The minimum atomic E-state index is -0.0272. The SMILES string of the molecule is Cn1nccc1CCn1c2c(ccc1=O)C(=O)CCC2. The molecule has 0 aromatic carbocycles. The van der Waals surface area contributed by atoms with Crippen LogP contribution >= 0.6 is 0 Å². The van der Waals surface area contributed by atoms with E-state index in [0.29, 0.717) is 13.0 Å². The predicted molar refractivity (Wildman–Crippen MR) is 74.9 cm³/mol. The summed E-state index contributed by atoms with van der Waals surface area (Å²) >= 11 is 0. The van der Waals surface area contributed by atoms with Gasteiger partial charge in [-0.1, -0.05) is 0 Å². The first kappa shape index (κ1) is 12.8. The number of carbonyl (C=O) groups is 1. The smallest absolute Gasteiger partial charge is 0.250 e. The molecule has 20 heavy (non-hydrogen) atoms. The minimum Gasteiger partial charge on any atom is -0.312 e. The second kappa shape index (κ2) is 5.07. The molecule has 0 unspecified atom stereocenters. The molecule has 0 aliphatic heterocycles. The lowest BCUT2D eigenvalue weighted by Gasteiger charge is -2.19. The molecule has 104 valence electrons. The van der Waals surface area contributed by atoms with Crippen LogP contribution in [0.25, 0.3) is 0 Å². The second-order valence-electron chi connectivity index (χ2n) is 5.16. The zero-order valence-electron chi connectivity index (χ0n) is 11.5. The van der Waals surface area contributed by atoms with Gasteiger partial charge in [0.15, 0.2) is 5.78 Å². The van der Waals surface area contributed by atoms with Crippen LogP contribution in [0.4, 0.5) is 0 Å². The maximum Gasteiger partial charge on any atom is 0.250 e. The first-order valence-electron chi connectivity index (χ1n) is 6.89. The number of aromatic nitrogens is 3. The van der Waals surface area contributed by atoms with Crippen molar-refractivity contribution in [2.45, 2.75) is 32.2 Å². The van der Waals surface area contributed by atoms with Crippen LogP contribution in [0.3, 0.4) is 0 Å². The van der Waals surface area contributed by atoms with Crippen LogP contribution in [0.1, 0.15) is 34.6 Å². The molecule has 0 N–H and O–H groups in total. The summed E-state index contributed by atoms with van der Waals surface area (Å²) < 4.78 is 3.56. The molecule has 2 aromatic rings. The molecule has 5 nitrogen and oxygen atoms in total. The Morgan fingerprint density at radius 3 is 2.80 bits per heavy atom. The maximum atomic E-state index is 12.1. The Hall–Kier alpha value is -2.17. The number of aryl methyl sites for hydroxylation is 2. The van der Waals surface area contributed by atoms with Gasteiger partial charge in [-0.2, -0.15) is 5.10 Å². The van der Waals surface area contributed by atoms with E-state index in [2.05, 4.69) is 5.10 Å². The summed E-state index contributed by atoms with van der Waals surface area (Å²) in [5.74, 6) is 0.153. The van der Waals surface area contributed by atoms with Gasteiger partial charge in [0.1, 0.15) is 0 Å². The van der Waals surface area contributed by atoms with E-state index in [1.807, 2.05) is 17.8 Å². The van der Waals surface area contributed by atoms with Crippen LogP contribution in [0.5, 0.6) is 0 Å². The quantitative estimate of drug-likeness (QED) is 0.846. The van der Waals surface area contributed by atoms with Crippen molar-refractivity contribution in [1.29, 1.82) is 0 Å². The Kier molecular flexibility index (Phi) is 3.26. The van der Waals surface area contributed by atoms with E-state index in [-0.39, 0.29) is 11.3 Å². The van der Waals surface area contributed by atoms with Gasteiger partial charge in [-0.3, -0.25) is 14.3 Å². The number of nitrogens with zero attached hydrogens (tertiary/aromatic N) is 3. The topological polar surface area (TPSA) is 56.9 Å². The Labute approximate surface area is 116 Å². The van der Waals surface area contributed by atoms with Crippen LogP contribution in [0.2, 0.25) is 0 Å². The molecule has 5 heteroatoms. The van der Waals surface area contributed by atoms with E-state index in [9.17, 15) is 9.59 Å². The van der Waals surface area contributed by atoms with Crippen LogP contribution < -0.4 is 5.56 Å². The lowest BCUT2D eigenvalue weighted by molar-refractivity contribution is 0.0970. The summed E-state index contributed by atoms with van der Waals surface area (Å²) in [6, 6.07) is 5.14. The number of hydrogen-bond acceptors (Lipinski definition) is 3. The zero-order chi connectivity index (χ0) is 14.1. The van der Waals surface area contributed by atoms with Crippen molar-refractivity contribution in [3.05, 3.63) is 51.7 Å². The second-order valence-corrected chi connectivity index (χ2v) is 5.16. The summed E-state index contributed by atoms with van der Waals surface area (Å²) in [6.45, 7) is 0.592. The first-order valence-corrected chi connectivity index (χ1v) is 6.89. The molecule has 0 amide bonds. The van der Waals surface area contributed by atoms with Crippen LogP contribution in [0.15, 0.2) is 29.2 Å². The lowest BCUT2D eigenvalue weighted by Crippen LogP contribution is -2.28. The Morgan fingerprint density at radius 2 is 2.05 bits per heavy atom. The monoisotopic (exact) mass is 271 g/mol. The van der Waals surface area contributed by atoms with Crippen molar-refractivity contribution in [3.8, 4) is 0 Å². The van der Waals surface area contributed by atoms with Crippen molar-refractivity contribution in [2.75, 3.05) is 0 Å². The van der Waals surface area contributed by atoms with Crippen molar-refractivity contribution < 1.29 is 4.79 Å². The summed E-state index contributed by atoms with van der Waals surface area (Å²) in [5, 5.41) is 4.13. The number of fused-ring (bicyclic) bond motifs is 1. The van der Waals surface area contributed by atoms with Crippen molar-refractivity contribution in [1.82, 2.24) is 14.3 Å². The Balaban J connectivity index is 1.93. The molecule has 2 heterocycles. The average molecular weight is 271 g/mol. The highest BCUT2D eigenvalue weighted by Gasteiger charge is 2.20. The molecule has 2 aromatic heterocycles. The van der Waals surface area contributed by atoms with Gasteiger partial charge in [-0.15, -0.1) is 0 Å². The van der Waals surface area contributed by atoms with Gasteiger partial charge in [-0.25, -0.2) is 0 Å². The zero-order valence-corrected chi connectivity index (χ0v) is 11.5. The third-order valence-corrected chi connectivity index (χ3v) is 3.93. The molecule has 3 rings (SSSR count). The first-order chi connectivity index (χ1) is 9.66. The number of ketones is 1. The van der Waals surface area contributed by atoms with E-state index >= 15 is 0 Å². The highest BCUT2D eigenvalue weighted by Crippen LogP contribution is 2.19. The molecule has 0 fully saturated rings. The fourth-order valence-corrected chi connectivity index (χ4v) is 2.81. The van der Waals surface area contributed by atoms with Gasteiger partial charge >= 0.3 is 0 Å². The van der Waals surface area contributed by atoms with E-state index < -0.39 is 0 Å². The van der Waals surface area contributed by atoms with Gasteiger partial charge < -0.3 is 4.57 Å². The summed E-state index contributed by atoms with van der Waals surface area (Å²) in [7, 11) is 1.89. The fourth-order valence-electron chi connectivity index (χ4n) is 2.81. The van der Waals surface area contributed by atoms with Gasteiger partial charge in [0, 0.05) is 55.6 Å². The molecular weight excluding hydrogens is 254 g/mol. The molecule has 0 saturated heterocycles. The van der Waals surface area contributed by atoms with Crippen LogP contribution in [0, 0.1) is 0 Å². The number of carbonyl (C=O) groups excluding carboxylic acids is 1. The summed E-state index contributed by atoms with van der Waals surface area (Å²) in [5.41, 5.74) is 2.68. The predicted octanol–water partition coefficient (Wildman–Crippen LogP) is 1.34. The molecule has 0 spiro atoms. The highest BCUT2D eigenvalue weighted by atomic mass is 16.1. The number of hydrogen-bond donors (Lipinski definition) is 0. The summed E-state index contributed by atoms with van der Waals surface area (Å²) in [4.78, 5) is 24.0. The molecule has 1 aliphatic rings. The largest absolute Gasteiger partial charge is 0.312 e. The number of rotatable bonds is 3. The standard InChI is InChI=1S/C15H17N3O2/c1-17-11(7-9-16-17)8-10-18-13-3-2-4-14(19)12(13)5-6-15(18)20/h5-7,9H,2-4,8,10H2,1H3. The molecule has 0 saturated carbocycles. The molecule has 0 bridgehead atoms. The third kappa shape index (κ3) is 2.19. The van der Waals surface area contributed by atoms with Crippen molar-refractivity contribution in [3.63, 3.8) is 0 Å². The fraction of sp³-hybridized carbons (Fsp3) is 0.400. The lowest BCUT2D eigenvalue weighted by atomic mass is 9.94. The highest BCUT2D eigenvalue weighted by molar-refractivity contribution is 5.97. The Morgan fingerprint density at radius 1 is 1.20 bits per heavy atom. The third-order valence-electron chi connectivity index (χ3n) is 3.93. The normalized spacial score (nSPS) is 14.3. The molecule has 0 radical (unpaired) electrons. The van der Waals surface area contributed by atoms with E-state index in [4.69, 9.17) is 0 Å². The average Bonchev–Trinajstić information content (AvgIpc) is 2.83. The summed E-state index contributed by atoms with van der Waals surface area (Å²) in [6.07, 6.45) is 4.72. The van der Waals surface area contributed by atoms with E-state index in [1.54, 1.807) is 16.8 Å². The van der Waals surface area contributed by atoms with Crippen LogP contribution in [-0.2, 0) is 26.4 Å². The number of pyridine rings is 1. The molecule has 1 aliphatic carbocycles. The Bertz CT molecular complexity index is 712. The van der Waals surface area contributed by atoms with Gasteiger partial charge in [-0.05, 0) is 25.0 Å². The van der Waals surface area contributed by atoms with Gasteiger partial charge in [0.2, 0.25) is 0 Å². The van der Waals surface area contributed by atoms with E-state index in [1.165, 1.54) is 6.07 Å². The van der Waals surface area contributed by atoms with Crippen LogP contribution in [-0.4, -0.2) is 20.1 Å². The molecule has 0 atom stereocenters. The van der Waals surface area contributed by atoms with Crippen molar-refractivity contribution >= 4 is 5.78 Å². The minimum absolute atomic E-state index is 0.0272. The van der Waals surface area contributed by atoms with Gasteiger partial charge in [0.05, 0.1) is 0 Å². The van der Waals surface area contributed by atoms with E-state index in [0.717, 1.165) is 36.2 Å².